The van der Waals surface area contributed by atoms with Crippen LogP contribution in [0.4, 0.5) is 0 Å². The zero-order chi connectivity index (χ0) is 12.9. The summed E-state index contributed by atoms with van der Waals surface area (Å²) >= 11 is 0. The highest BCUT2D eigenvalue weighted by molar-refractivity contribution is 5.70. The molecule has 1 rings (SSSR count). The second-order valence-electron chi connectivity index (χ2n) is 4.72. The maximum absolute atomic E-state index is 11.5. The second kappa shape index (κ2) is 5.95. The maximum atomic E-state index is 11.5. The molecular formula is C11H19NO5. The van der Waals surface area contributed by atoms with Gasteiger partial charge in [-0.1, -0.05) is 6.42 Å². The Hall–Kier alpha value is -1.17. The lowest BCUT2D eigenvalue weighted by Gasteiger charge is -2.35. The lowest BCUT2D eigenvalue weighted by molar-refractivity contribution is -0.499. The van der Waals surface area contributed by atoms with E-state index in [2.05, 4.69) is 0 Å². The summed E-state index contributed by atoms with van der Waals surface area (Å²) in [7, 11) is 0. The third kappa shape index (κ3) is 4.30. The van der Waals surface area contributed by atoms with Crippen molar-refractivity contribution >= 4 is 5.97 Å². The van der Waals surface area contributed by atoms with Crippen molar-refractivity contribution in [1.82, 2.24) is 0 Å². The van der Waals surface area contributed by atoms with Crippen LogP contribution in [-0.2, 0) is 9.53 Å². The first-order valence-corrected chi connectivity index (χ1v) is 5.93. The number of nitrogens with zero attached hydrogens (tertiary/aromatic N) is 1. The van der Waals surface area contributed by atoms with Crippen molar-refractivity contribution in [3.8, 4) is 0 Å². The van der Waals surface area contributed by atoms with Crippen molar-refractivity contribution in [2.45, 2.75) is 45.1 Å². The van der Waals surface area contributed by atoms with Crippen molar-refractivity contribution < 1.29 is 19.6 Å². The van der Waals surface area contributed by atoms with Crippen molar-refractivity contribution in [1.29, 1.82) is 0 Å². The molecule has 0 aromatic rings. The number of hydrogen-bond donors (Lipinski definition) is 1. The number of ether oxygens (including phenoxy) is 1. The molecule has 1 aliphatic rings. The highest BCUT2D eigenvalue weighted by Gasteiger charge is 2.42. The highest BCUT2D eigenvalue weighted by Crippen LogP contribution is 2.39. The molecule has 6 nitrogen and oxygen atoms in total. The Labute approximate surface area is 100 Å². The quantitative estimate of drug-likeness (QED) is 0.445. The van der Waals surface area contributed by atoms with Crippen LogP contribution in [0.2, 0.25) is 0 Å². The van der Waals surface area contributed by atoms with E-state index in [0.29, 0.717) is 25.7 Å². The minimum absolute atomic E-state index is 0.0267. The van der Waals surface area contributed by atoms with Crippen molar-refractivity contribution in [3.63, 3.8) is 0 Å². The Kier molecular flexibility index (Phi) is 4.86. The summed E-state index contributed by atoms with van der Waals surface area (Å²) in [5, 5.41) is 20.3. The number of carbonyl (C=O) groups is 1. The van der Waals surface area contributed by atoms with Gasteiger partial charge in [-0.25, -0.2) is 0 Å². The monoisotopic (exact) mass is 245 g/mol. The van der Waals surface area contributed by atoms with E-state index in [0.717, 1.165) is 0 Å². The van der Waals surface area contributed by atoms with Crippen LogP contribution in [0.5, 0.6) is 0 Å². The molecule has 6 heteroatoms. The fraction of sp³-hybridized carbons (Fsp3) is 0.909. The fourth-order valence-corrected chi connectivity index (χ4v) is 2.57. The van der Waals surface area contributed by atoms with Gasteiger partial charge in [0, 0.05) is 10.3 Å². The largest absolute Gasteiger partial charge is 0.466 e. The Balaban J connectivity index is 2.70. The normalized spacial score (nSPS) is 28.7. The first-order valence-electron chi connectivity index (χ1n) is 5.93. The molecule has 2 atom stereocenters. The lowest BCUT2D eigenvalue weighted by Crippen LogP contribution is -2.39. The van der Waals surface area contributed by atoms with Gasteiger partial charge in [0.05, 0.1) is 19.1 Å². The number of hydrogen-bond acceptors (Lipinski definition) is 5. The molecule has 1 N–H and O–H groups in total. The fourth-order valence-electron chi connectivity index (χ4n) is 2.57. The first kappa shape index (κ1) is 13.9. The highest BCUT2D eigenvalue weighted by atomic mass is 16.6. The molecule has 2 unspecified atom stereocenters. The Bertz CT molecular complexity index is 294. The molecule has 0 spiro atoms. The molecule has 0 radical (unpaired) electrons. The Morgan fingerprint density at radius 3 is 2.88 bits per heavy atom. The Morgan fingerprint density at radius 1 is 1.65 bits per heavy atom. The number of nitro groups is 1. The summed E-state index contributed by atoms with van der Waals surface area (Å²) in [5.74, 6) is -0.413. The molecular weight excluding hydrogens is 226 g/mol. The topological polar surface area (TPSA) is 89.7 Å². The number of aliphatic hydroxyl groups is 1. The van der Waals surface area contributed by atoms with Gasteiger partial charge in [0.1, 0.15) is 0 Å². The van der Waals surface area contributed by atoms with E-state index in [4.69, 9.17) is 4.74 Å². The van der Waals surface area contributed by atoms with Crippen molar-refractivity contribution in [2.24, 2.45) is 5.41 Å². The van der Waals surface area contributed by atoms with Crippen LogP contribution in [0.1, 0.15) is 39.0 Å². The predicted octanol–water partition coefficient (Wildman–Crippen LogP) is 1.14. The lowest BCUT2D eigenvalue weighted by atomic mass is 9.70. The van der Waals surface area contributed by atoms with Gasteiger partial charge in [0.25, 0.3) is 0 Å². The van der Waals surface area contributed by atoms with Gasteiger partial charge in [-0.2, -0.15) is 0 Å². The third-order valence-corrected chi connectivity index (χ3v) is 3.20. The van der Waals surface area contributed by atoms with Gasteiger partial charge >= 0.3 is 5.97 Å². The molecule has 98 valence electrons. The first-order chi connectivity index (χ1) is 7.97. The molecule has 0 bridgehead atoms. The molecule has 1 fully saturated rings. The molecule has 0 amide bonds. The van der Waals surface area contributed by atoms with Gasteiger partial charge in [0.2, 0.25) is 6.54 Å². The maximum Gasteiger partial charge on any atom is 0.306 e. The number of carbonyl (C=O) groups excluding carboxylic acids is 1. The van der Waals surface area contributed by atoms with Crippen LogP contribution in [0.25, 0.3) is 0 Å². The van der Waals surface area contributed by atoms with Crippen molar-refractivity contribution in [2.75, 3.05) is 13.2 Å². The van der Waals surface area contributed by atoms with E-state index < -0.39 is 22.4 Å². The molecule has 1 saturated carbocycles. The van der Waals surface area contributed by atoms with Gasteiger partial charge < -0.3 is 9.84 Å². The van der Waals surface area contributed by atoms with Crippen LogP contribution in [0, 0.1) is 15.5 Å². The minimum atomic E-state index is -0.729. The van der Waals surface area contributed by atoms with Gasteiger partial charge in [-0.3, -0.25) is 14.9 Å². The van der Waals surface area contributed by atoms with Crippen LogP contribution in [0.15, 0.2) is 0 Å². The summed E-state index contributed by atoms with van der Waals surface area (Å²) in [6, 6.07) is 0. The van der Waals surface area contributed by atoms with Crippen LogP contribution in [-0.4, -0.2) is 35.3 Å². The van der Waals surface area contributed by atoms with Gasteiger partial charge in [-0.05, 0) is 26.2 Å². The molecule has 0 aliphatic heterocycles. The molecule has 0 aromatic heterocycles. The van der Waals surface area contributed by atoms with Crippen LogP contribution in [0.3, 0.4) is 0 Å². The number of esters is 1. The van der Waals surface area contributed by atoms with E-state index in [9.17, 15) is 20.0 Å². The van der Waals surface area contributed by atoms with E-state index in [-0.39, 0.29) is 19.6 Å². The van der Waals surface area contributed by atoms with E-state index >= 15 is 0 Å². The van der Waals surface area contributed by atoms with E-state index in [1.807, 2.05) is 0 Å². The number of rotatable bonds is 5. The minimum Gasteiger partial charge on any atom is -0.466 e. The van der Waals surface area contributed by atoms with E-state index in [1.165, 1.54) is 0 Å². The molecule has 0 saturated heterocycles. The summed E-state index contributed by atoms with van der Waals surface area (Å²) < 4.78 is 4.84. The van der Waals surface area contributed by atoms with Gasteiger partial charge in [-0.15, -0.1) is 0 Å². The van der Waals surface area contributed by atoms with Gasteiger partial charge in [0.15, 0.2) is 0 Å². The predicted molar refractivity (Wildman–Crippen MR) is 60.0 cm³/mol. The summed E-state index contributed by atoms with van der Waals surface area (Å²) in [5.41, 5.74) is -0.729. The summed E-state index contributed by atoms with van der Waals surface area (Å²) in [6.45, 7) is 1.70. The molecule has 0 aromatic carbocycles. The van der Waals surface area contributed by atoms with Crippen LogP contribution < -0.4 is 0 Å². The van der Waals surface area contributed by atoms with E-state index in [1.54, 1.807) is 6.92 Å². The van der Waals surface area contributed by atoms with Crippen LogP contribution >= 0.6 is 0 Å². The SMILES string of the molecule is CCOC(=O)CC1(C[N+](=O)[O-])CCCC(O)C1. The van der Waals surface area contributed by atoms with Crippen molar-refractivity contribution in [3.05, 3.63) is 10.1 Å². The standard InChI is InChI=1S/C11H19NO5/c1-2-17-10(14)7-11(8-12(15)16)5-3-4-9(13)6-11/h9,13H,2-8H2,1H3. The average Bonchev–Trinajstić information content (AvgIpc) is 2.15. The molecule has 1 aliphatic carbocycles. The molecule has 0 heterocycles. The summed E-state index contributed by atoms with van der Waals surface area (Å²) in [6.07, 6.45) is 1.77. The Morgan fingerprint density at radius 2 is 2.35 bits per heavy atom. The second-order valence-corrected chi connectivity index (χ2v) is 4.72. The third-order valence-electron chi connectivity index (χ3n) is 3.20. The zero-order valence-corrected chi connectivity index (χ0v) is 10.1. The molecule has 17 heavy (non-hydrogen) atoms. The summed E-state index contributed by atoms with van der Waals surface area (Å²) in [4.78, 5) is 21.8. The average molecular weight is 245 g/mol. The smallest absolute Gasteiger partial charge is 0.306 e. The number of aliphatic hydroxyl groups excluding tert-OH is 1. The zero-order valence-electron chi connectivity index (χ0n) is 10.1.